The van der Waals surface area contributed by atoms with Gasteiger partial charge in [0.15, 0.2) is 6.29 Å². The van der Waals surface area contributed by atoms with Crippen molar-refractivity contribution in [3.05, 3.63) is 33.8 Å². The van der Waals surface area contributed by atoms with E-state index in [0.717, 1.165) is 22.2 Å². The molecule has 15 heavy (non-hydrogen) atoms. The number of carbonyl (C=O) groups is 1. The van der Waals surface area contributed by atoms with E-state index in [1.165, 1.54) is 0 Å². The number of carbonyl (C=O) groups excluding carboxylic acids is 1. The summed E-state index contributed by atoms with van der Waals surface area (Å²) >= 11 is 9.36. The quantitative estimate of drug-likeness (QED) is 0.611. The minimum absolute atomic E-state index is 0.648. The molecule has 1 aliphatic rings. The summed E-state index contributed by atoms with van der Waals surface area (Å²) in [4.78, 5) is 15.5. The third-order valence-electron chi connectivity index (χ3n) is 2.45. The van der Waals surface area contributed by atoms with Gasteiger partial charge < -0.3 is 4.79 Å². The highest BCUT2D eigenvalue weighted by molar-refractivity contribution is 9.09. The second kappa shape index (κ2) is 4.06. The molecule has 0 amide bonds. The van der Waals surface area contributed by atoms with Crippen molar-refractivity contribution >= 4 is 39.9 Å². The average molecular weight is 287 g/mol. The van der Waals surface area contributed by atoms with Crippen molar-refractivity contribution in [2.45, 2.75) is 12.0 Å². The minimum Gasteiger partial charge on any atom is -0.300 e. The predicted molar refractivity (Wildman–Crippen MR) is 63.9 cm³/mol. The first kappa shape index (κ1) is 10.8. The van der Waals surface area contributed by atoms with E-state index < -0.39 is 5.54 Å². The van der Waals surface area contributed by atoms with Gasteiger partial charge in [-0.25, -0.2) is 0 Å². The number of alkyl halides is 1. The Morgan fingerprint density at radius 3 is 2.93 bits per heavy atom. The standard InChI is InChI=1S/C11H9BrClNO/c12-5-4-11(7-15)6-8-9(13)2-1-3-10(8)14-11/h1-3,6-7H,4-5H2. The summed E-state index contributed by atoms with van der Waals surface area (Å²) in [6, 6.07) is 5.52. The highest BCUT2D eigenvalue weighted by Gasteiger charge is 2.28. The molecule has 1 atom stereocenters. The predicted octanol–water partition coefficient (Wildman–Crippen LogP) is 1.48. The van der Waals surface area contributed by atoms with Crippen LogP contribution >= 0.6 is 27.5 Å². The summed E-state index contributed by atoms with van der Waals surface area (Å²) in [5.41, 5.74) is -0.725. The van der Waals surface area contributed by atoms with Crippen LogP contribution in [0.1, 0.15) is 6.42 Å². The Morgan fingerprint density at radius 1 is 1.53 bits per heavy atom. The Labute approximate surface area is 101 Å². The molecule has 2 rings (SSSR count). The first-order valence-corrected chi connectivity index (χ1v) is 6.10. The normalized spacial score (nSPS) is 22.8. The van der Waals surface area contributed by atoms with E-state index in [1.807, 2.05) is 18.2 Å². The Kier molecular flexibility index (Phi) is 2.94. The minimum atomic E-state index is -0.725. The van der Waals surface area contributed by atoms with Crippen LogP contribution in [0.15, 0.2) is 23.2 Å². The maximum atomic E-state index is 11.1. The lowest BCUT2D eigenvalue weighted by Crippen LogP contribution is -2.24. The van der Waals surface area contributed by atoms with Gasteiger partial charge >= 0.3 is 0 Å². The fourth-order valence-electron chi connectivity index (χ4n) is 1.67. The van der Waals surface area contributed by atoms with Gasteiger partial charge in [-0.3, -0.25) is 4.99 Å². The van der Waals surface area contributed by atoms with Crippen LogP contribution in [-0.4, -0.2) is 17.2 Å². The molecule has 1 aromatic carbocycles. The zero-order valence-electron chi connectivity index (χ0n) is 7.91. The average Bonchev–Trinajstić information content (AvgIpc) is 2.59. The van der Waals surface area contributed by atoms with Crippen LogP contribution in [0.3, 0.4) is 0 Å². The highest BCUT2D eigenvalue weighted by atomic mass is 79.9. The van der Waals surface area contributed by atoms with E-state index >= 15 is 0 Å². The van der Waals surface area contributed by atoms with Crippen LogP contribution in [0.2, 0.25) is 5.02 Å². The summed E-state index contributed by atoms with van der Waals surface area (Å²) in [5.74, 6) is 0. The van der Waals surface area contributed by atoms with Crippen LogP contribution in [0.25, 0.3) is 6.08 Å². The van der Waals surface area contributed by atoms with Crippen molar-refractivity contribution in [3.63, 3.8) is 0 Å². The first-order valence-electron chi connectivity index (χ1n) is 4.60. The third-order valence-corrected chi connectivity index (χ3v) is 3.18. The fourth-order valence-corrected chi connectivity index (χ4v) is 2.53. The number of halogens is 2. The molecule has 0 fully saturated rings. The SMILES string of the molecule is O=CC1(CCBr)C=c2c(Cl)cccc2=N1. The molecular formula is C11H9BrClNO. The molecule has 0 aliphatic carbocycles. The van der Waals surface area contributed by atoms with Crippen molar-refractivity contribution in [1.29, 1.82) is 0 Å². The second-order valence-electron chi connectivity index (χ2n) is 3.48. The van der Waals surface area contributed by atoms with E-state index in [1.54, 1.807) is 6.07 Å². The number of benzene rings is 1. The zero-order valence-corrected chi connectivity index (χ0v) is 10.3. The maximum absolute atomic E-state index is 11.1. The van der Waals surface area contributed by atoms with Gasteiger partial charge in [0.2, 0.25) is 0 Å². The lowest BCUT2D eigenvalue weighted by molar-refractivity contribution is -0.110. The third kappa shape index (κ3) is 1.86. The molecule has 78 valence electrons. The topological polar surface area (TPSA) is 29.4 Å². The monoisotopic (exact) mass is 285 g/mol. The number of aldehydes is 1. The van der Waals surface area contributed by atoms with Gasteiger partial charge in [-0.1, -0.05) is 33.6 Å². The van der Waals surface area contributed by atoms with Gasteiger partial charge in [0.25, 0.3) is 0 Å². The van der Waals surface area contributed by atoms with E-state index in [0.29, 0.717) is 11.4 Å². The van der Waals surface area contributed by atoms with Crippen molar-refractivity contribution in [2.24, 2.45) is 4.99 Å². The molecule has 1 aromatic rings. The number of rotatable bonds is 3. The van der Waals surface area contributed by atoms with Gasteiger partial charge in [-0.05, 0) is 24.6 Å². The lowest BCUT2D eigenvalue weighted by Gasteiger charge is -2.14. The molecule has 0 saturated carbocycles. The van der Waals surface area contributed by atoms with E-state index in [9.17, 15) is 4.79 Å². The Hall–Kier alpha value is -0.670. The van der Waals surface area contributed by atoms with Gasteiger partial charge in [0, 0.05) is 15.6 Å². The Balaban J connectivity index is 2.63. The van der Waals surface area contributed by atoms with Crippen molar-refractivity contribution < 1.29 is 4.79 Å². The summed E-state index contributed by atoms with van der Waals surface area (Å²) < 4.78 is 0. The molecule has 0 bridgehead atoms. The molecule has 2 nitrogen and oxygen atoms in total. The smallest absolute Gasteiger partial charge is 0.151 e. The molecule has 0 aromatic heterocycles. The summed E-state index contributed by atoms with van der Waals surface area (Å²) in [6.45, 7) is 0. The van der Waals surface area contributed by atoms with E-state index in [-0.39, 0.29) is 0 Å². The molecule has 1 heterocycles. The molecule has 1 aliphatic heterocycles. The number of nitrogens with zero attached hydrogens (tertiary/aromatic N) is 1. The number of hydrogen-bond donors (Lipinski definition) is 0. The van der Waals surface area contributed by atoms with E-state index in [4.69, 9.17) is 11.6 Å². The molecule has 0 spiro atoms. The van der Waals surface area contributed by atoms with Crippen molar-refractivity contribution in [3.8, 4) is 0 Å². The second-order valence-corrected chi connectivity index (χ2v) is 4.68. The highest BCUT2D eigenvalue weighted by Crippen LogP contribution is 2.19. The van der Waals surface area contributed by atoms with Crippen molar-refractivity contribution in [1.82, 2.24) is 0 Å². The number of fused-ring (bicyclic) bond motifs is 1. The first-order chi connectivity index (χ1) is 7.21. The lowest BCUT2D eigenvalue weighted by atomic mass is 10.00. The van der Waals surface area contributed by atoms with Crippen molar-refractivity contribution in [2.75, 3.05) is 5.33 Å². The largest absolute Gasteiger partial charge is 0.300 e. The Bertz CT molecular complexity index is 514. The van der Waals surface area contributed by atoms with Crippen LogP contribution in [0.5, 0.6) is 0 Å². The van der Waals surface area contributed by atoms with E-state index in [2.05, 4.69) is 20.9 Å². The molecule has 0 N–H and O–H groups in total. The molecule has 0 saturated heterocycles. The number of hydrogen-bond acceptors (Lipinski definition) is 2. The fraction of sp³-hybridized carbons (Fsp3) is 0.273. The van der Waals surface area contributed by atoms with Crippen LogP contribution in [0.4, 0.5) is 0 Å². The van der Waals surface area contributed by atoms with Gasteiger partial charge in [0.1, 0.15) is 5.54 Å². The molecule has 0 radical (unpaired) electrons. The molecule has 1 unspecified atom stereocenters. The summed E-state index contributed by atoms with van der Waals surface area (Å²) in [6.07, 6.45) is 3.38. The summed E-state index contributed by atoms with van der Waals surface area (Å²) in [5, 5.41) is 3.05. The molecular weight excluding hydrogens is 277 g/mol. The van der Waals surface area contributed by atoms with Crippen LogP contribution < -0.4 is 10.6 Å². The van der Waals surface area contributed by atoms with Crippen LogP contribution in [-0.2, 0) is 4.79 Å². The zero-order chi connectivity index (χ0) is 10.9. The van der Waals surface area contributed by atoms with Gasteiger partial charge in [0.05, 0.1) is 5.36 Å². The Morgan fingerprint density at radius 2 is 2.33 bits per heavy atom. The van der Waals surface area contributed by atoms with Gasteiger partial charge in [-0.15, -0.1) is 0 Å². The van der Waals surface area contributed by atoms with Crippen LogP contribution in [0, 0.1) is 0 Å². The molecule has 4 heteroatoms. The maximum Gasteiger partial charge on any atom is 0.151 e. The summed E-state index contributed by atoms with van der Waals surface area (Å²) in [7, 11) is 0. The van der Waals surface area contributed by atoms with Gasteiger partial charge in [-0.2, -0.15) is 0 Å².